The quantitative estimate of drug-likeness (QED) is 0.781. The standard InChI is InChI=1S/C16H22N2/c1-4-18-11-15(17-12-18)9-6-10-16-13(2)7-5-8-14(16)3/h5,7-8,11-12H,4,6,9-10H2,1-3H3. The van der Waals surface area contributed by atoms with Gasteiger partial charge >= 0.3 is 0 Å². The van der Waals surface area contributed by atoms with Crippen LogP contribution in [0.25, 0.3) is 0 Å². The van der Waals surface area contributed by atoms with Gasteiger partial charge in [0.2, 0.25) is 0 Å². The molecule has 2 aromatic rings. The number of imidazole rings is 1. The lowest BCUT2D eigenvalue weighted by Crippen LogP contribution is -1.96. The smallest absolute Gasteiger partial charge is 0.0949 e. The van der Waals surface area contributed by atoms with Gasteiger partial charge in [0.25, 0.3) is 0 Å². The summed E-state index contributed by atoms with van der Waals surface area (Å²) in [7, 11) is 0. The molecule has 0 fully saturated rings. The first-order chi connectivity index (χ1) is 8.70. The lowest BCUT2D eigenvalue weighted by Gasteiger charge is -2.08. The monoisotopic (exact) mass is 242 g/mol. The Balaban J connectivity index is 1.92. The van der Waals surface area contributed by atoms with Crippen LogP contribution in [0.5, 0.6) is 0 Å². The van der Waals surface area contributed by atoms with Gasteiger partial charge in [-0.15, -0.1) is 0 Å². The van der Waals surface area contributed by atoms with Crippen molar-refractivity contribution in [2.24, 2.45) is 0 Å². The van der Waals surface area contributed by atoms with E-state index in [9.17, 15) is 0 Å². The Labute approximate surface area is 110 Å². The van der Waals surface area contributed by atoms with Gasteiger partial charge in [-0.25, -0.2) is 4.98 Å². The van der Waals surface area contributed by atoms with Gasteiger partial charge < -0.3 is 4.57 Å². The third-order valence-corrected chi connectivity index (χ3v) is 3.56. The molecule has 0 atom stereocenters. The second-order valence-electron chi connectivity index (χ2n) is 4.92. The maximum Gasteiger partial charge on any atom is 0.0949 e. The van der Waals surface area contributed by atoms with Gasteiger partial charge in [0.05, 0.1) is 12.0 Å². The van der Waals surface area contributed by atoms with Crippen LogP contribution in [-0.2, 0) is 19.4 Å². The van der Waals surface area contributed by atoms with E-state index in [4.69, 9.17) is 0 Å². The van der Waals surface area contributed by atoms with E-state index >= 15 is 0 Å². The second-order valence-corrected chi connectivity index (χ2v) is 4.92. The highest BCUT2D eigenvalue weighted by molar-refractivity contribution is 5.33. The summed E-state index contributed by atoms with van der Waals surface area (Å²) in [6.07, 6.45) is 7.48. The van der Waals surface area contributed by atoms with Crippen molar-refractivity contribution in [3.05, 3.63) is 53.1 Å². The van der Waals surface area contributed by atoms with E-state index in [1.54, 1.807) is 0 Å². The van der Waals surface area contributed by atoms with Gasteiger partial charge in [-0.05, 0) is 56.7 Å². The summed E-state index contributed by atoms with van der Waals surface area (Å²) in [6.45, 7) is 7.55. The first-order valence-corrected chi connectivity index (χ1v) is 6.76. The van der Waals surface area contributed by atoms with Crippen LogP contribution in [-0.4, -0.2) is 9.55 Å². The normalized spacial score (nSPS) is 10.8. The molecular formula is C16H22N2. The molecule has 2 rings (SSSR count). The number of hydrogen-bond donors (Lipinski definition) is 0. The van der Waals surface area contributed by atoms with Crippen molar-refractivity contribution in [2.45, 2.75) is 46.6 Å². The van der Waals surface area contributed by atoms with Crippen LogP contribution in [0.4, 0.5) is 0 Å². The topological polar surface area (TPSA) is 17.8 Å². The van der Waals surface area contributed by atoms with Gasteiger partial charge in [-0.1, -0.05) is 18.2 Å². The highest BCUT2D eigenvalue weighted by Crippen LogP contribution is 2.16. The zero-order valence-corrected chi connectivity index (χ0v) is 11.6. The van der Waals surface area contributed by atoms with Gasteiger partial charge in [0, 0.05) is 12.7 Å². The van der Waals surface area contributed by atoms with Crippen molar-refractivity contribution < 1.29 is 0 Å². The SMILES string of the molecule is CCn1cnc(CCCc2c(C)cccc2C)c1. The molecule has 0 amide bonds. The van der Waals surface area contributed by atoms with Crippen LogP contribution in [0.15, 0.2) is 30.7 Å². The van der Waals surface area contributed by atoms with E-state index in [1.807, 2.05) is 6.33 Å². The Morgan fingerprint density at radius 2 is 1.83 bits per heavy atom. The minimum Gasteiger partial charge on any atom is -0.337 e. The lowest BCUT2D eigenvalue weighted by atomic mass is 9.97. The first-order valence-electron chi connectivity index (χ1n) is 6.76. The number of aryl methyl sites for hydroxylation is 4. The summed E-state index contributed by atoms with van der Waals surface area (Å²) in [6, 6.07) is 6.54. The van der Waals surface area contributed by atoms with E-state index < -0.39 is 0 Å². The van der Waals surface area contributed by atoms with Crippen molar-refractivity contribution in [3.8, 4) is 0 Å². The summed E-state index contributed by atoms with van der Waals surface area (Å²) >= 11 is 0. The summed E-state index contributed by atoms with van der Waals surface area (Å²) in [5, 5.41) is 0. The lowest BCUT2D eigenvalue weighted by molar-refractivity contribution is 0.757. The maximum absolute atomic E-state index is 4.43. The maximum atomic E-state index is 4.43. The van der Waals surface area contributed by atoms with E-state index in [1.165, 1.54) is 28.8 Å². The molecule has 0 saturated carbocycles. The Bertz CT molecular complexity index is 491. The molecule has 1 aromatic heterocycles. The second kappa shape index (κ2) is 5.85. The van der Waals surface area contributed by atoms with Gasteiger partial charge in [-0.3, -0.25) is 0 Å². The zero-order valence-electron chi connectivity index (χ0n) is 11.6. The Kier molecular flexibility index (Phi) is 4.19. The highest BCUT2D eigenvalue weighted by atomic mass is 15.0. The number of benzene rings is 1. The third kappa shape index (κ3) is 3.00. The van der Waals surface area contributed by atoms with Crippen LogP contribution in [0.1, 0.15) is 35.7 Å². The van der Waals surface area contributed by atoms with Crippen LogP contribution in [0, 0.1) is 13.8 Å². The Morgan fingerprint density at radius 3 is 2.44 bits per heavy atom. The summed E-state index contributed by atoms with van der Waals surface area (Å²) in [5.41, 5.74) is 5.54. The minimum absolute atomic E-state index is 1.00. The number of rotatable bonds is 5. The average Bonchev–Trinajstić information content (AvgIpc) is 2.81. The molecule has 0 saturated heterocycles. The first kappa shape index (κ1) is 12.9. The van der Waals surface area contributed by atoms with Crippen molar-refractivity contribution in [3.63, 3.8) is 0 Å². The fourth-order valence-corrected chi connectivity index (χ4v) is 2.40. The number of aromatic nitrogens is 2. The summed E-state index contributed by atoms with van der Waals surface area (Å²) in [5.74, 6) is 0. The fourth-order valence-electron chi connectivity index (χ4n) is 2.40. The largest absolute Gasteiger partial charge is 0.337 e. The van der Waals surface area contributed by atoms with Crippen LogP contribution in [0.2, 0.25) is 0 Å². The molecule has 18 heavy (non-hydrogen) atoms. The van der Waals surface area contributed by atoms with Crippen LogP contribution < -0.4 is 0 Å². The molecule has 1 heterocycles. The molecule has 1 aromatic carbocycles. The van der Waals surface area contributed by atoms with E-state index in [-0.39, 0.29) is 0 Å². The fraction of sp³-hybridized carbons (Fsp3) is 0.438. The molecule has 0 bridgehead atoms. The summed E-state index contributed by atoms with van der Waals surface area (Å²) in [4.78, 5) is 4.43. The Morgan fingerprint density at radius 1 is 1.11 bits per heavy atom. The molecule has 2 nitrogen and oxygen atoms in total. The number of hydrogen-bond acceptors (Lipinski definition) is 1. The van der Waals surface area contributed by atoms with Crippen LogP contribution in [0.3, 0.4) is 0 Å². The molecule has 0 aliphatic carbocycles. The average molecular weight is 242 g/mol. The highest BCUT2D eigenvalue weighted by Gasteiger charge is 2.03. The van der Waals surface area contributed by atoms with Gasteiger partial charge in [0.1, 0.15) is 0 Å². The predicted molar refractivity (Wildman–Crippen MR) is 75.8 cm³/mol. The zero-order chi connectivity index (χ0) is 13.0. The van der Waals surface area contributed by atoms with Crippen LogP contribution >= 0.6 is 0 Å². The molecular weight excluding hydrogens is 220 g/mol. The van der Waals surface area contributed by atoms with Gasteiger partial charge in [-0.2, -0.15) is 0 Å². The third-order valence-electron chi connectivity index (χ3n) is 3.56. The summed E-state index contributed by atoms with van der Waals surface area (Å²) < 4.78 is 2.13. The van der Waals surface area contributed by atoms with Crippen molar-refractivity contribution in [2.75, 3.05) is 0 Å². The molecule has 2 heteroatoms. The molecule has 0 unspecified atom stereocenters. The molecule has 0 N–H and O–H groups in total. The van der Waals surface area contributed by atoms with E-state index in [0.29, 0.717) is 0 Å². The number of nitrogens with zero attached hydrogens (tertiary/aromatic N) is 2. The van der Waals surface area contributed by atoms with Crippen molar-refractivity contribution in [1.29, 1.82) is 0 Å². The minimum atomic E-state index is 1.00. The van der Waals surface area contributed by atoms with Crippen molar-refractivity contribution >= 4 is 0 Å². The van der Waals surface area contributed by atoms with E-state index in [2.05, 4.69) is 54.7 Å². The molecule has 0 aliphatic rings. The predicted octanol–water partition coefficient (Wildman–Crippen LogP) is 3.70. The van der Waals surface area contributed by atoms with Crippen molar-refractivity contribution in [1.82, 2.24) is 9.55 Å². The molecule has 0 aliphatic heterocycles. The van der Waals surface area contributed by atoms with Gasteiger partial charge in [0.15, 0.2) is 0 Å². The molecule has 0 radical (unpaired) electrons. The molecule has 0 spiro atoms. The molecule has 96 valence electrons. The Hall–Kier alpha value is -1.57. The van der Waals surface area contributed by atoms with E-state index in [0.717, 1.165) is 19.4 Å².